The second-order valence-electron chi connectivity index (χ2n) is 6.13. The number of nitrogens with one attached hydrogen (secondary N) is 1. The summed E-state index contributed by atoms with van der Waals surface area (Å²) < 4.78 is 41.2. The van der Waals surface area contributed by atoms with Gasteiger partial charge in [0.1, 0.15) is 23.6 Å². The maximum atomic E-state index is 12.4. The van der Waals surface area contributed by atoms with Crippen LogP contribution in [0.25, 0.3) is 10.9 Å². The standard InChI is InChI=1S/C18H15F3N4O4/c1-10(11-5-7-12(8-6-11)29-18(19,20)21)22-15(27)9-25-17(28)13-3-2-4-14(26)16(13)23-24-25/h2-8,10,26H,9H2,1H3,(H,22,27)/t10-/m0/s1. The highest BCUT2D eigenvalue weighted by molar-refractivity contribution is 5.83. The second kappa shape index (κ2) is 7.78. The molecule has 1 aromatic heterocycles. The Morgan fingerprint density at radius 1 is 1.24 bits per heavy atom. The van der Waals surface area contributed by atoms with E-state index in [1.807, 2.05) is 0 Å². The maximum Gasteiger partial charge on any atom is 0.573 e. The van der Waals surface area contributed by atoms with Crippen molar-refractivity contribution in [1.82, 2.24) is 20.3 Å². The molecule has 1 amide bonds. The van der Waals surface area contributed by atoms with Crippen LogP contribution in [0.5, 0.6) is 11.5 Å². The Morgan fingerprint density at radius 2 is 1.93 bits per heavy atom. The molecule has 1 atom stereocenters. The van der Waals surface area contributed by atoms with Gasteiger partial charge in [-0.25, -0.2) is 4.68 Å². The molecule has 0 bridgehead atoms. The van der Waals surface area contributed by atoms with Gasteiger partial charge in [0.05, 0.1) is 11.4 Å². The number of benzene rings is 2. The number of phenolic OH excluding ortho intramolecular Hbond substituents is 1. The van der Waals surface area contributed by atoms with Gasteiger partial charge < -0.3 is 15.2 Å². The van der Waals surface area contributed by atoms with E-state index < -0.39 is 30.4 Å². The summed E-state index contributed by atoms with van der Waals surface area (Å²) in [6, 6.07) is 8.78. The lowest BCUT2D eigenvalue weighted by molar-refractivity contribution is -0.274. The van der Waals surface area contributed by atoms with Crippen LogP contribution in [-0.2, 0) is 11.3 Å². The number of phenols is 1. The average Bonchev–Trinajstić information content (AvgIpc) is 2.64. The fourth-order valence-electron chi connectivity index (χ4n) is 2.66. The number of nitrogens with zero attached hydrogens (tertiary/aromatic N) is 3. The molecule has 3 rings (SSSR count). The van der Waals surface area contributed by atoms with E-state index in [1.54, 1.807) is 6.92 Å². The quantitative estimate of drug-likeness (QED) is 0.671. The summed E-state index contributed by atoms with van der Waals surface area (Å²) in [5.74, 6) is -1.12. The molecule has 0 radical (unpaired) electrons. The number of alkyl halides is 3. The Morgan fingerprint density at radius 3 is 2.59 bits per heavy atom. The fourth-order valence-corrected chi connectivity index (χ4v) is 2.66. The molecule has 0 saturated carbocycles. The van der Waals surface area contributed by atoms with Crippen molar-refractivity contribution in [2.75, 3.05) is 0 Å². The normalized spacial score (nSPS) is 12.6. The number of aromatic nitrogens is 3. The Kier molecular flexibility index (Phi) is 5.39. The molecule has 0 unspecified atom stereocenters. The summed E-state index contributed by atoms with van der Waals surface area (Å²) >= 11 is 0. The van der Waals surface area contributed by atoms with Crippen LogP contribution < -0.4 is 15.6 Å². The molecule has 0 spiro atoms. The lowest BCUT2D eigenvalue weighted by Crippen LogP contribution is -2.35. The van der Waals surface area contributed by atoms with Crippen molar-refractivity contribution in [2.45, 2.75) is 25.9 Å². The van der Waals surface area contributed by atoms with Gasteiger partial charge in [0.25, 0.3) is 5.56 Å². The van der Waals surface area contributed by atoms with Crippen LogP contribution in [0, 0.1) is 0 Å². The van der Waals surface area contributed by atoms with Crippen LogP contribution in [0.1, 0.15) is 18.5 Å². The van der Waals surface area contributed by atoms with E-state index in [0.717, 1.165) is 16.8 Å². The van der Waals surface area contributed by atoms with E-state index >= 15 is 0 Å². The molecule has 11 heteroatoms. The number of hydrogen-bond donors (Lipinski definition) is 2. The highest BCUT2D eigenvalue weighted by Gasteiger charge is 2.31. The first-order valence-electron chi connectivity index (χ1n) is 8.34. The zero-order chi connectivity index (χ0) is 21.2. The van der Waals surface area contributed by atoms with Crippen molar-refractivity contribution in [3.8, 4) is 11.5 Å². The third kappa shape index (κ3) is 4.81. The van der Waals surface area contributed by atoms with Crippen molar-refractivity contribution < 1.29 is 27.8 Å². The molecule has 0 aliphatic heterocycles. The summed E-state index contributed by atoms with van der Waals surface area (Å²) in [4.78, 5) is 24.6. The lowest BCUT2D eigenvalue weighted by Gasteiger charge is -2.15. The van der Waals surface area contributed by atoms with Crippen LogP contribution in [-0.4, -0.2) is 32.4 Å². The number of carbonyl (C=O) groups excluding carboxylic acids is 1. The number of halogens is 3. The number of rotatable bonds is 5. The topological polar surface area (TPSA) is 106 Å². The number of amides is 1. The number of fused-ring (bicyclic) bond motifs is 1. The molecule has 3 aromatic rings. The molecule has 8 nitrogen and oxygen atoms in total. The first-order chi connectivity index (χ1) is 13.6. The molecular weight excluding hydrogens is 393 g/mol. The third-order valence-corrected chi connectivity index (χ3v) is 4.02. The van der Waals surface area contributed by atoms with Gasteiger partial charge in [0.2, 0.25) is 5.91 Å². The predicted molar refractivity (Wildman–Crippen MR) is 95.1 cm³/mol. The van der Waals surface area contributed by atoms with Crippen molar-refractivity contribution >= 4 is 16.8 Å². The SMILES string of the molecule is C[C@H](NC(=O)Cn1nnc2c(O)cccc2c1=O)c1ccc(OC(F)(F)F)cc1. The molecule has 152 valence electrons. The maximum absolute atomic E-state index is 12.4. The molecule has 29 heavy (non-hydrogen) atoms. The largest absolute Gasteiger partial charge is 0.573 e. The van der Waals surface area contributed by atoms with E-state index in [1.165, 1.54) is 30.3 Å². The molecule has 0 aliphatic rings. The Labute approximate surface area is 161 Å². The van der Waals surface area contributed by atoms with Gasteiger partial charge >= 0.3 is 6.36 Å². The summed E-state index contributed by atoms with van der Waals surface area (Å²) in [5, 5.41) is 19.8. The smallest absolute Gasteiger partial charge is 0.506 e. The van der Waals surface area contributed by atoms with Gasteiger partial charge in [-0.3, -0.25) is 9.59 Å². The van der Waals surface area contributed by atoms with Gasteiger partial charge in [0, 0.05) is 0 Å². The van der Waals surface area contributed by atoms with Gasteiger partial charge in [0.15, 0.2) is 0 Å². The highest BCUT2D eigenvalue weighted by atomic mass is 19.4. The zero-order valence-electron chi connectivity index (χ0n) is 15.0. The molecule has 0 fully saturated rings. The molecule has 0 aliphatic carbocycles. The highest BCUT2D eigenvalue weighted by Crippen LogP contribution is 2.24. The lowest BCUT2D eigenvalue weighted by atomic mass is 10.1. The Hall–Kier alpha value is -3.63. The van der Waals surface area contributed by atoms with Crippen LogP contribution >= 0.6 is 0 Å². The van der Waals surface area contributed by atoms with Crippen molar-refractivity contribution in [3.05, 3.63) is 58.4 Å². The summed E-state index contributed by atoms with van der Waals surface area (Å²) in [6.07, 6.45) is -4.79. The Balaban J connectivity index is 1.68. The second-order valence-corrected chi connectivity index (χ2v) is 6.13. The molecule has 2 N–H and O–H groups in total. The van der Waals surface area contributed by atoms with Crippen molar-refractivity contribution in [3.63, 3.8) is 0 Å². The van der Waals surface area contributed by atoms with E-state index in [9.17, 15) is 27.9 Å². The van der Waals surface area contributed by atoms with Crippen LogP contribution in [0.3, 0.4) is 0 Å². The minimum Gasteiger partial charge on any atom is -0.506 e. The minimum atomic E-state index is -4.79. The van der Waals surface area contributed by atoms with Crippen LogP contribution in [0.15, 0.2) is 47.3 Å². The third-order valence-electron chi connectivity index (χ3n) is 4.02. The molecule has 0 saturated heterocycles. The van der Waals surface area contributed by atoms with E-state index in [-0.39, 0.29) is 22.4 Å². The monoisotopic (exact) mass is 408 g/mol. The summed E-state index contributed by atoms with van der Waals surface area (Å²) in [6.45, 7) is 1.21. The molecule has 2 aromatic carbocycles. The average molecular weight is 408 g/mol. The fraction of sp³-hybridized carbons (Fsp3) is 0.222. The van der Waals surface area contributed by atoms with E-state index in [0.29, 0.717) is 5.56 Å². The van der Waals surface area contributed by atoms with Crippen LogP contribution in [0.2, 0.25) is 0 Å². The number of carbonyl (C=O) groups is 1. The predicted octanol–water partition coefficient (Wildman–Crippen LogP) is 2.27. The summed E-state index contributed by atoms with van der Waals surface area (Å²) in [5.41, 5.74) is -0.0270. The van der Waals surface area contributed by atoms with Crippen molar-refractivity contribution in [1.29, 1.82) is 0 Å². The van der Waals surface area contributed by atoms with Crippen molar-refractivity contribution in [2.24, 2.45) is 0 Å². The van der Waals surface area contributed by atoms with Crippen LogP contribution in [0.4, 0.5) is 13.2 Å². The van der Waals surface area contributed by atoms with E-state index in [2.05, 4.69) is 20.4 Å². The van der Waals surface area contributed by atoms with E-state index in [4.69, 9.17) is 0 Å². The van der Waals surface area contributed by atoms with Gasteiger partial charge in [-0.2, -0.15) is 0 Å². The van der Waals surface area contributed by atoms with Gasteiger partial charge in [-0.15, -0.1) is 18.3 Å². The summed E-state index contributed by atoms with van der Waals surface area (Å²) in [7, 11) is 0. The number of aromatic hydroxyl groups is 1. The number of hydrogen-bond acceptors (Lipinski definition) is 6. The molecular formula is C18H15F3N4O4. The van der Waals surface area contributed by atoms with Gasteiger partial charge in [-0.1, -0.05) is 23.4 Å². The minimum absolute atomic E-state index is 0.0312. The zero-order valence-corrected chi connectivity index (χ0v) is 15.0. The first kappa shape index (κ1) is 20.1. The number of ether oxygens (including phenoxy) is 1. The molecule has 1 heterocycles. The Bertz CT molecular complexity index is 1100. The first-order valence-corrected chi connectivity index (χ1v) is 8.34. The van der Waals surface area contributed by atoms with Gasteiger partial charge in [-0.05, 0) is 36.8 Å².